The van der Waals surface area contributed by atoms with E-state index in [0.717, 1.165) is 57.3 Å². The molecule has 0 radical (unpaired) electrons. The number of carboxylic acids is 1. The van der Waals surface area contributed by atoms with E-state index in [0.29, 0.717) is 5.92 Å². The van der Waals surface area contributed by atoms with E-state index >= 15 is 0 Å². The summed E-state index contributed by atoms with van der Waals surface area (Å²) in [5.74, 6) is 0.617. The number of aliphatic carboxylic acids is 1. The molecule has 27 heavy (non-hydrogen) atoms. The van der Waals surface area contributed by atoms with Gasteiger partial charge in [0.2, 0.25) is 0 Å². The van der Waals surface area contributed by atoms with Gasteiger partial charge in [-0.05, 0) is 80.6 Å². The molecule has 0 unspecified atom stereocenters. The summed E-state index contributed by atoms with van der Waals surface area (Å²) in [6.07, 6.45) is 13.5. The van der Waals surface area contributed by atoms with Gasteiger partial charge in [-0.3, -0.25) is 4.79 Å². The average molecular weight is 371 g/mol. The van der Waals surface area contributed by atoms with E-state index in [1.807, 2.05) is 0 Å². The van der Waals surface area contributed by atoms with Gasteiger partial charge in [-0.15, -0.1) is 0 Å². The van der Waals surface area contributed by atoms with Gasteiger partial charge in [0, 0.05) is 0 Å². The highest BCUT2D eigenvalue weighted by Crippen LogP contribution is 2.54. The predicted molar refractivity (Wildman–Crippen MR) is 112 cm³/mol. The first-order valence-corrected chi connectivity index (χ1v) is 11.4. The minimum atomic E-state index is -0.509. The third-order valence-electron chi connectivity index (χ3n) is 7.96. The van der Waals surface area contributed by atoms with Crippen LogP contribution in [0.4, 0.5) is 0 Å². The third kappa shape index (κ3) is 4.10. The number of rotatable bonds is 7. The first-order valence-electron chi connectivity index (χ1n) is 11.4. The van der Waals surface area contributed by atoms with E-state index in [2.05, 4.69) is 44.2 Å². The highest BCUT2D eigenvalue weighted by molar-refractivity contribution is 5.75. The zero-order chi connectivity index (χ0) is 19.3. The first-order chi connectivity index (χ1) is 13.1. The van der Waals surface area contributed by atoms with Crippen LogP contribution in [0.25, 0.3) is 0 Å². The second kappa shape index (κ2) is 8.80. The van der Waals surface area contributed by atoms with Crippen LogP contribution in [0.1, 0.15) is 96.5 Å². The van der Waals surface area contributed by atoms with Crippen LogP contribution in [0.3, 0.4) is 0 Å². The monoisotopic (exact) mass is 370 g/mol. The Hall–Kier alpha value is -1.31. The molecule has 0 saturated heterocycles. The molecule has 2 aliphatic carbocycles. The molecule has 0 heterocycles. The molecule has 0 amide bonds. The molecule has 0 aromatic heterocycles. The van der Waals surface area contributed by atoms with Crippen LogP contribution < -0.4 is 0 Å². The average Bonchev–Trinajstić information content (AvgIpc) is 2.70. The maximum atomic E-state index is 12.4. The highest BCUT2D eigenvalue weighted by atomic mass is 16.4. The van der Waals surface area contributed by atoms with Crippen molar-refractivity contribution in [3.63, 3.8) is 0 Å². The quantitative estimate of drug-likeness (QED) is 0.562. The van der Waals surface area contributed by atoms with Crippen molar-refractivity contribution in [2.24, 2.45) is 17.3 Å². The lowest BCUT2D eigenvalue weighted by atomic mass is 9.55. The van der Waals surface area contributed by atoms with Crippen molar-refractivity contribution < 1.29 is 9.90 Å². The number of hydrogen-bond donors (Lipinski definition) is 1. The van der Waals surface area contributed by atoms with Crippen molar-refractivity contribution in [3.05, 3.63) is 35.9 Å². The summed E-state index contributed by atoms with van der Waals surface area (Å²) in [4.78, 5) is 12.4. The fraction of sp³-hybridized carbons (Fsp3) is 0.720. The standard InChI is InChI=1S/C25H38O2/c1-3-8-20-11-18-25(19-12-20,23(26)27)22-13-16-24(15-4-2,17-14-22)21-9-6-5-7-10-21/h5-7,9-10,20,22H,3-4,8,11-19H2,1-2H3,(H,26,27)/t20-,22?,24?,25-. The van der Waals surface area contributed by atoms with Crippen molar-refractivity contribution in [3.8, 4) is 0 Å². The SMILES string of the molecule is CCCC1(c2ccccc2)CCC([C@]2(C(=O)O)CC[C@H](CCC)CC2)CC1. The molecule has 0 aliphatic heterocycles. The minimum absolute atomic E-state index is 0.269. The lowest BCUT2D eigenvalue weighted by molar-refractivity contribution is -0.158. The van der Waals surface area contributed by atoms with Gasteiger partial charge < -0.3 is 5.11 Å². The van der Waals surface area contributed by atoms with Crippen molar-refractivity contribution in [2.45, 2.75) is 96.3 Å². The number of carbonyl (C=O) groups is 1. The summed E-state index contributed by atoms with van der Waals surface area (Å²) in [5.41, 5.74) is 1.30. The molecule has 0 atom stereocenters. The number of carboxylic acid groups (broad SMARTS) is 1. The fourth-order valence-corrected chi connectivity index (χ4v) is 6.36. The summed E-state index contributed by atoms with van der Waals surface area (Å²) in [6, 6.07) is 11.0. The molecule has 2 fully saturated rings. The summed E-state index contributed by atoms with van der Waals surface area (Å²) in [5, 5.41) is 10.2. The highest BCUT2D eigenvalue weighted by Gasteiger charge is 2.50. The Kier molecular flexibility index (Phi) is 6.65. The maximum Gasteiger partial charge on any atom is 0.309 e. The second-order valence-electron chi connectivity index (χ2n) is 9.36. The summed E-state index contributed by atoms with van der Waals surface area (Å²) >= 11 is 0. The maximum absolute atomic E-state index is 12.4. The Labute approximate surface area is 165 Å². The second-order valence-corrected chi connectivity index (χ2v) is 9.36. The van der Waals surface area contributed by atoms with Crippen LogP contribution >= 0.6 is 0 Å². The van der Waals surface area contributed by atoms with Crippen LogP contribution in [-0.4, -0.2) is 11.1 Å². The fourth-order valence-electron chi connectivity index (χ4n) is 6.36. The normalized spacial score (nSPS) is 34.3. The molecule has 150 valence electrons. The Balaban J connectivity index is 1.73. The van der Waals surface area contributed by atoms with Gasteiger partial charge in [-0.2, -0.15) is 0 Å². The lowest BCUT2D eigenvalue weighted by Gasteiger charge is -2.48. The van der Waals surface area contributed by atoms with Gasteiger partial charge in [-0.25, -0.2) is 0 Å². The smallest absolute Gasteiger partial charge is 0.309 e. The van der Waals surface area contributed by atoms with Gasteiger partial charge >= 0.3 is 5.97 Å². The summed E-state index contributed by atoms with van der Waals surface area (Å²) in [6.45, 7) is 4.53. The molecule has 0 spiro atoms. The Morgan fingerprint density at radius 3 is 2.11 bits per heavy atom. The van der Waals surface area contributed by atoms with Crippen molar-refractivity contribution >= 4 is 5.97 Å². The lowest BCUT2D eigenvalue weighted by Crippen LogP contribution is -2.45. The zero-order valence-electron chi connectivity index (χ0n) is 17.4. The predicted octanol–water partition coefficient (Wildman–Crippen LogP) is 6.98. The van der Waals surface area contributed by atoms with Gasteiger partial charge in [-0.1, -0.05) is 63.4 Å². The van der Waals surface area contributed by atoms with Crippen LogP contribution in [0, 0.1) is 17.3 Å². The van der Waals surface area contributed by atoms with E-state index in [4.69, 9.17) is 0 Å². The minimum Gasteiger partial charge on any atom is -0.481 e. The Bertz CT molecular complexity index is 590. The molecule has 2 aliphatic rings. The van der Waals surface area contributed by atoms with E-state index in [1.54, 1.807) is 0 Å². The largest absolute Gasteiger partial charge is 0.481 e. The van der Waals surface area contributed by atoms with Crippen LogP contribution in [-0.2, 0) is 10.2 Å². The molecule has 2 saturated carbocycles. The molecule has 1 aromatic rings. The van der Waals surface area contributed by atoms with Crippen molar-refractivity contribution in [1.29, 1.82) is 0 Å². The van der Waals surface area contributed by atoms with Gasteiger partial charge in [0.05, 0.1) is 5.41 Å². The van der Waals surface area contributed by atoms with E-state index in [9.17, 15) is 9.90 Å². The Morgan fingerprint density at radius 1 is 0.963 bits per heavy atom. The molecule has 1 aromatic carbocycles. The van der Waals surface area contributed by atoms with Crippen LogP contribution in [0.2, 0.25) is 0 Å². The summed E-state index contributed by atoms with van der Waals surface area (Å²) in [7, 11) is 0. The zero-order valence-corrected chi connectivity index (χ0v) is 17.4. The van der Waals surface area contributed by atoms with Crippen molar-refractivity contribution in [1.82, 2.24) is 0 Å². The van der Waals surface area contributed by atoms with E-state index < -0.39 is 11.4 Å². The van der Waals surface area contributed by atoms with Gasteiger partial charge in [0.15, 0.2) is 0 Å². The first kappa shape index (κ1) is 20.4. The number of hydrogen-bond acceptors (Lipinski definition) is 1. The molecule has 2 heteroatoms. The van der Waals surface area contributed by atoms with E-state index in [-0.39, 0.29) is 5.41 Å². The van der Waals surface area contributed by atoms with Crippen LogP contribution in [0.15, 0.2) is 30.3 Å². The molecular formula is C25H38O2. The van der Waals surface area contributed by atoms with Crippen molar-refractivity contribution in [2.75, 3.05) is 0 Å². The molecule has 3 rings (SSSR count). The van der Waals surface area contributed by atoms with Gasteiger partial charge in [0.25, 0.3) is 0 Å². The number of benzene rings is 1. The molecular weight excluding hydrogens is 332 g/mol. The van der Waals surface area contributed by atoms with E-state index in [1.165, 1.54) is 31.2 Å². The van der Waals surface area contributed by atoms with Gasteiger partial charge in [0.1, 0.15) is 0 Å². The Morgan fingerprint density at radius 2 is 1.59 bits per heavy atom. The summed E-state index contributed by atoms with van der Waals surface area (Å²) < 4.78 is 0. The van der Waals surface area contributed by atoms with Crippen LogP contribution in [0.5, 0.6) is 0 Å². The topological polar surface area (TPSA) is 37.3 Å². The third-order valence-corrected chi connectivity index (χ3v) is 7.96. The molecule has 2 nitrogen and oxygen atoms in total. The molecule has 0 bridgehead atoms. The molecule has 1 N–H and O–H groups in total.